The molecule has 0 saturated heterocycles. The summed E-state index contributed by atoms with van der Waals surface area (Å²) in [6.45, 7) is 0.852. The predicted octanol–water partition coefficient (Wildman–Crippen LogP) is 2.31. The fourth-order valence-electron chi connectivity index (χ4n) is 2.83. The first-order valence-electron chi connectivity index (χ1n) is 8.01. The molecule has 0 bridgehead atoms. The number of hydrogen-bond acceptors (Lipinski definition) is 4. The molecule has 1 aliphatic rings. The summed E-state index contributed by atoms with van der Waals surface area (Å²) < 4.78 is 10.9. The monoisotopic (exact) mass is 327 g/mol. The summed E-state index contributed by atoms with van der Waals surface area (Å²) in [7, 11) is 1.62. The lowest BCUT2D eigenvalue weighted by Gasteiger charge is -2.25. The number of methoxy groups -OCH3 is 1. The fourth-order valence-corrected chi connectivity index (χ4v) is 2.83. The lowest BCUT2D eigenvalue weighted by Crippen LogP contribution is -2.38. The average molecular weight is 327 g/mol. The van der Waals surface area contributed by atoms with E-state index in [2.05, 4.69) is 5.32 Å². The smallest absolute Gasteiger partial charge is 0.226 e. The van der Waals surface area contributed by atoms with Gasteiger partial charge < -0.3 is 19.9 Å². The Labute approximate surface area is 141 Å². The van der Waals surface area contributed by atoms with Crippen LogP contribution in [0.4, 0.5) is 0 Å². The molecule has 0 saturated carbocycles. The van der Waals surface area contributed by atoms with Gasteiger partial charge in [-0.2, -0.15) is 0 Å². The number of fused-ring (bicyclic) bond motifs is 1. The van der Waals surface area contributed by atoms with Gasteiger partial charge in [0.15, 0.2) is 0 Å². The first kappa shape index (κ1) is 16.2. The van der Waals surface area contributed by atoms with Crippen LogP contribution < -0.4 is 14.8 Å². The molecule has 24 heavy (non-hydrogen) atoms. The fraction of sp³-hybridized carbons (Fsp3) is 0.316. The molecule has 5 nitrogen and oxygen atoms in total. The Balaban J connectivity index is 1.53. The van der Waals surface area contributed by atoms with Crippen LogP contribution in [-0.4, -0.2) is 31.3 Å². The van der Waals surface area contributed by atoms with Gasteiger partial charge in [0.2, 0.25) is 5.91 Å². The molecular weight excluding hydrogens is 306 g/mol. The van der Waals surface area contributed by atoms with Crippen molar-refractivity contribution in [3.63, 3.8) is 0 Å². The van der Waals surface area contributed by atoms with Crippen molar-refractivity contribution in [1.82, 2.24) is 5.32 Å². The van der Waals surface area contributed by atoms with Crippen molar-refractivity contribution in [2.45, 2.75) is 12.8 Å². The van der Waals surface area contributed by atoms with E-state index in [1.165, 1.54) is 0 Å². The average Bonchev–Trinajstić information content (AvgIpc) is 2.62. The molecule has 0 fully saturated rings. The first-order valence-corrected chi connectivity index (χ1v) is 8.01. The standard InChI is InChI=1S/C19H21NO4/c1-23-16-7-6-14-10-15(12-24-18(14)11-16)19(22)20-9-8-13-4-2-3-5-17(13)21/h2-7,11,15,21H,8-10,12H2,1H3,(H,20,22)/t15-/m0/s1. The normalized spacial score (nSPS) is 16.0. The van der Waals surface area contributed by atoms with Crippen molar-refractivity contribution >= 4 is 5.91 Å². The maximum atomic E-state index is 12.3. The molecule has 1 atom stereocenters. The molecule has 126 valence electrons. The van der Waals surface area contributed by atoms with E-state index < -0.39 is 0 Å². The summed E-state index contributed by atoms with van der Waals surface area (Å²) in [5.74, 6) is 1.57. The lowest BCUT2D eigenvalue weighted by atomic mass is 9.96. The number of phenolic OH excluding ortho intramolecular Hbond substituents is 1. The van der Waals surface area contributed by atoms with Gasteiger partial charge in [0.25, 0.3) is 0 Å². The van der Waals surface area contributed by atoms with Crippen LogP contribution in [0.1, 0.15) is 11.1 Å². The van der Waals surface area contributed by atoms with Crippen LogP contribution in [0, 0.1) is 5.92 Å². The van der Waals surface area contributed by atoms with Crippen molar-refractivity contribution in [2.24, 2.45) is 5.92 Å². The molecule has 3 rings (SSSR count). The highest BCUT2D eigenvalue weighted by Crippen LogP contribution is 2.31. The van der Waals surface area contributed by atoms with Crippen LogP contribution in [0.15, 0.2) is 42.5 Å². The number of benzene rings is 2. The van der Waals surface area contributed by atoms with E-state index in [-0.39, 0.29) is 17.6 Å². The summed E-state index contributed by atoms with van der Waals surface area (Å²) in [6, 6.07) is 12.8. The minimum absolute atomic E-state index is 0.0214. The third-order valence-electron chi connectivity index (χ3n) is 4.24. The zero-order chi connectivity index (χ0) is 16.9. The summed E-state index contributed by atoms with van der Waals surface area (Å²) >= 11 is 0. The number of aromatic hydroxyl groups is 1. The molecule has 0 unspecified atom stereocenters. The van der Waals surface area contributed by atoms with Gasteiger partial charge >= 0.3 is 0 Å². The Morgan fingerprint density at radius 2 is 2.17 bits per heavy atom. The molecule has 1 aliphatic heterocycles. The largest absolute Gasteiger partial charge is 0.508 e. The molecule has 0 radical (unpaired) electrons. The van der Waals surface area contributed by atoms with Gasteiger partial charge in [-0.3, -0.25) is 4.79 Å². The number of carbonyl (C=O) groups is 1. The number of hydrogen-bond donors (Lipinski definition) is 2. The molecule has 5 heteroatoms. The van der Waals surface area contributed by atoms with Crippen LogP contribution in [-0.2, 0) is 17.6 Å². The Bertz CT molecular complexity index is 729. The first-order chi connectivity index (χ1) is 11.7. The molecule has 0 spiro atoms. The molecule has 1 amide bonds. The second kappa shape index (κ2) is 7.25. The number of nitrogens with one attached hydrogen (secondary N) is 1. The van der Waals surface area contributed by atoms with Crippen LogP contribution in [0.5, 0.6) is 17.2 Å². The zero-order valence-electron chi connectivity index (χ0n) is 13.6. The van der Waals surface area contributed by atoms with Crippen LogP contribution >= 0.6 is 0 Å². The molecular formula is C19H21NO4. The van der Waals surface area contributed by atoms with E-state index in [1.54, 1.807) is 19.2 Å². The molecule has 2 aromatic rings. The van der Waals surface area contributed by atoms with Gasteiger partial charge in [-0.05, 0) is 36.1 Å². The topological polar surface area (TPSA) is 67.8 Å². The van der Waals surface area contributed by atoms with Gasteiger partial charge in [-0.25, -0.2) is 0 Å². The minimum atomic E-state index is -0.199. The quantitative estimate of drug-likeness (QED) is 0.884. The number of carbonyl (C=O) groups excluding carboxylic acids is 1. The second-order valence-corrected chi connectivity index (χ2v) is 5.86. The van der Waals surface area contributed by atoms with Crippen molar-refractivity contribution in [1.29, 1.82) is 0 Å². The van der Waals surface area contributed by atoms with Crippen LogP contribution in [0.2, 0.25) is 0 Å². The number of rotatable bonds is 5. The predicted molar refractivity (Wildman–Crippen MR) is 90.5 cm³/mol. The molecule has 2 aromatic carbocycles. The molecule has 2 N–H and O–H groups in total. The maximum Gasteiger partial charge on any atom is 0.226 e. The van der Waals surface area contributed by atoms with Gasteiger partial charge in [0.05, 0.1) is 13.0 Å². The van der Waals surface area contributed by atoms with E-state index in [0.29, 0.717) is 26.0 Å². The number of phenols is 1. The summed E-state index contributed by atoms with van der Waals surface area (Å²) in [6.07, 6.45) is 1.25. The lowest BCUT2D eigenvalue weighted by molar-refractivity contribution is -0.126. The molecule has 0 aliphatic carbocycles. The highest BCUT2D eigenvalue weighted by molar-refractivity contribution is 5.79. The van der Waals surface area contributed by atoms with E-state index in [1.807, 2.05) is 30.3 Å². The highest BCUT2D eigenvalue weighted by atomic mass is 16.5. The van der Waals surface area contributed by atoms with Gasteiger partial charge in [0, 0.05) is 12.6 Å². The summed E-state index contributed by atoms with van der Waals surface area (Å²) in [5, 5.41) is 12.7. The molecule has 1 heterocycles. The zero-order valence-corrected chi connectivity index (χ0v) is 13.6. The Morgan fingerprint density at radius 3 is 2.96 bits per heavy atom. The van der Waals surface area contributed by atoms with E-state index in [9.17, 15) is 9.90 Å². The van der Waals surface area contributed by atoms with Gasteiger partial charge in [0.1, 0.15) is 23.9 Å². The van der Waals surface area contributed by atoms with Gasteiger partial charge in [-0.15, -0.1) is 0 Å². The van der Waals surface area contributed by atoms with E-state index in [0.717, 1.165) is 22.6 Å². The maximum absolute atomic E-state index is 12.3. The van der Waals surface area contributed by atoms with Crippen molar-refractivity contribution in [2.75, 3.05) is 20.3 Å². The Morgan fingerprint density at radius 1 is 1.33 bits per heavy atom. The van der Waals surface area contributed by atoms with E-state index >= 15 is 0 Å². The second-order valence-electron chi connectivity index (χ2n) is 5.86. The minimum Gasteiger partial charge on any atom is -0.508 e. The van der Waals surface area contributed by atoms with Crippen LogP contribution in [0.3, 0.4) is 0 Å². The van der Waals surface area contributed by atoms with Crippen molar-refractivity contribution in [3.8, 4) is 17.2 Å². The van der Waals surface area contributed by atoms with Crippen molar-refractivity contribution < 1.29 is 19.4 Å². The van der Waals surface area contributed by atoms with Crippen molar-refractivity contribution in [3.05, 3.63) is 53.6 Å². The number of ether oxygens (including phenoxy) is 2. The Kier molecular flexibility index (Phi) is 4.89. The SMILES string of the molecule is COc1ccc2c(c1)OC[C@@H](C(=O)NCCc1ccccc1O)C2. The number of amides is 1. The highest BCUT2D eigenvalue weighted by Gasteiger charge is 2.26. The van der Waals surface area contributed by atoms with E-state index in [4.69, 9.17) is 9.47 Å². The summed E-state index contributed by atoms with van der Waals surface area (Å²) in [4.78, 5) is 12.3. The number of para-hydroxylation sites is 1. The van der Waals surface area contributed by atoms with Gasteiger partial charge in [-0.1, -0.05) is 24.3 Å². The third-order valence-corrected chi connectivity index (χ3v) is 4.24. The third kappa shape index (κ3) is 3.62. The molecule has 0 aromatic heterocycles. The Hall–Kier alpha value is -2.69. The summed E-state index contributed by atoms with van der Waals surface area (Å²) in [5.41, 5.74) is 1.85. The van der Waals surface area contributed by atoms with Crippen LogP contribution in [0.25, 0.3) is 0 Å².